The molecule has 0 bridgehead atoms. The Labute approximate surface area is 89.2 Å². The van der Waals surface area contributed by atoms with Crippen LogP contribution >= 0.6 is 0 Å². The summed E-state index contributed by atoms with van der Waals surface area (Å²) in [4.78, 5) is 7.30. The standard InChI is InChI=1S/C10H17N3O2/c1-8-5-11-9(13-8)12-6-10(14-2)3-4-15-7-10/h5H,3-4,6-7H2,1-2H3,(H2,11,12,13). The summed E-state index contributed by atoms with van der Waals surface area (Å²) in [5.74, 6) is 0.788. The zero-order valence-corrected chi connectivity index (χ0v) is 9.17. The number of aromatic amines is 1. The van der Waals surface area contributed by atoms with E-state index in [0.29, 0.717) is 6.61 Å². The first-order valence-corrected chi connectivity index (χ1v) is 5.12. The van der Waals surface area contributed by atoms with Crippen LogP contribution in [0.4, 0.5) is 5.95 Å². The summed E-state index contributed by atoms with van der Waals surface area (Å²) in [5.41, 5.74) is 0.854. The SMILES string of the molecule is COC1(CNc2ncc(C)[nH]2)CCOC1. The summed E-state index contributed by atoms with van der Waals surface area (Å²) in [5, 5.41) is 3.23. The Bertz CT molecular complexity index is 318. The van der Waals surface area contributed by atoms with Gasteiger partial charge in [-0.3, -0.25) is 0 Å². The van der Waals surface area contributed by atoms with E-state index in [2.05, 4.69) is 15.3 Å². The number of hydrogen-bond acceptors (Lipinski definition) is 4. The first kappa shape index (κ1) is 10.4. The van der Waals surface area contributed by atoms with Crippen LogP contribution in [0.25, 0.3) is 0 Å². The molecule has 1 fully saturated rings. The van der Waals surface area contributed by atoms with Gasteiger partial charge in [-0.1, -0.05) is 0 Å². The molecule has 1 aliphatic heterocycles. The summed E-state index contributed by atoms with van der Waals surface area (Å²) in [6.07, 6.45) is 2.73. The molecular weight excluding hydrogens is 194 g/mol. The fourth-order valence-electron chi connectivity index (χ4n) is 1.71. The van der Waals surface area contributed by atoms with Crippen molar-refractivity contribution >= 4 is 5.95 Å². The third-order valence-electron chi connectivity index (χ3n) is 2.78. The minimum Gasteiger partial charge on any atom is -0.378 e. The van der Waals surface area contributed by atoms with Crippen molar-refractivity contribution in [2.45, 2.75) is 18.9 Å². The molecule has 84 valence electrons. The lowest BCUT2D eigenvalue weighted by atomic mass is 10.0. The van der Waals surface area contributed by atoms with E-state index in [4.69, 9.17) is 9.47 Å². The van der Waals surface area contributed by atoms with Crippen LogP contribution < -0.4 is 5.32 Å². The predicted molar refractivity (Wildman–Crippen MR) is 57.0 cm³/mol. The van der Waals surface area contributed by atoms with Crippen molar-refractivity contribution in [3.63, 3.8) is 0 Å². The average molecular weight is 211 g/mol. The van der Waals surface area contributed by atoms with Crippen LogP contribution in [0.15, 0.2) is 6.20 Å². The Hall–Kier alpha value is -1.07. The minimum atomic E-state index is -0.194. The first-order chi connectivity index (χ1) is 7.24. The second-order valence-electron chi connectivity index (χ2n) is 3.96. The fraction of sp³-hybridized carbons (Fsp3) is 0.700. The summed E-state index contributed by atoms with van der Waals surface area (Å²) in [7, 11) is 1.73. The summed E-state index contributed by atoms with van der Waals surface area (Å²) in [6, 6.07) is 0. The molecule has 2 heterocycles. The number of imidazole rings is 1. The maximum atomic E-state index is 5.50. The smallest absolute Gasteiger partial charge is 0.200 e. The molecule has 0 saturated carbocycles. The molecule has 1 aromatic rings. The number of aromatic nitrogens is 2. The lowest BCUT2D eigenvalue weighted by molar-refractivity contribution is -0.00630. The molecule has 0 aromatic carbocycles. The van der Waals surface area contributed by atoms with E-state index in [1.807, 2.05) is 6.92 Å². The molecule has 5 heteroatoms. The highest BCUT2D eigenvalue weighted by atomic mass is 16.5. The van der Waals surface area contributed by atoms with Crippen LogP contribution in [0.5, 0.6) is 0 Å². The molecule has 1 saturated heterocycles. The molecule has 0 spiro atoms. The number of aryl methyl sites for hydroxylation is 1. The van der Waals surface area contributed by atoms with Gasteiger partial charge >= 0.3 is 0 Å². The molecule has 2 rings (SSSR count). The third-order valence-corrected chi connectivity index (χ3v) is 2.78. The maximum Gasteiger partial charge on any atom is 0.200 e. The van der Waals surface area contributed by atoms with E-state index in [0.717, 1.165) is 31.2 Å². The topological polar surface area (TPSA) is 59.2 Å². The molecule has 2 N–H and O–H groups in total. The van der Waals surface area contributed by atoms with Crippen LogP contribution in [-0.2, 0) is 9.47 Å². The van der Waals surface area contributed by atoms with Crippen LogP contribution in [0, 0.1) is 6.92 Å². The molecular formula is C10H17N3O2. The fourth-order valence-corrected chi connectivity index (χ4v) is 1.71. The molecule has 1 unspecified atom stereocenters. The molecule has 0 amide bonds. The number of ether oxygens (including phenoxy) is 2. The van der Waals surface area contributed by atoms with Crippen molar-refractivity contribution in [3.05, 3.63) is 11.9 Å². The van der Waals surface area contributed by atoms with Crippen molar-refractivity contribution in [1.29, 1.82) is 0 Å². The largest absolute Gasteiger partial charge is 0.378 e. The highest BCUT2D eigenvalue weighted by Gasteiger charge is 2.34. The maximum absolute atomic E-state index is 5.50. The number of nitrogens with zero attached hydrogens (tertiary/aromatic N) is 1. The van der Waals surface area contributed by atoms with Crippen LogP contribution in [-0.4, -0.2) is 42.4 Å². The molecule has 0 radical (unpaired) electrons. The Morgan fingerprint density at radius 3 is 3.13 bits per heavy atom. The Morgan fingerprint density at radius 1 is 1.73 bits per heavy atom. The lowest BCUT2D eigenvalue weighted by Crippen LogP contribution is -2.39. The second-order valence-corrected chi connectivity index (χ2v) is 3.96. The van der Waals surface area contributed by atoms with Crippen LogP contribution in [0.1, 0.15) is 12.1 Å². The zero-order chi connectivity index (χ0) is 10.7. The molecule has 1 aromatic heterocycles. The highest BCUT2D eigenvalue weighted by molar-refractivity contribution is 5.26. The normalized spacial score (nSPS) is 25.7. The molecule has 1 aliphatic rings. The number of anilines is 1. The minimum absolute atomic E-state index is 0.194. The third kappa shape index (κ3) is 2.30. The Morgan fingerprint density at radius 2 is 2.60 bits per heavy atom. The number of nitrogens with one attached hydrogen (secondary N) is 2. The van der Waals surface area contributed by atoms with Gasteiger partial charge in [0.05, 0.1) is 6.61 Å². The van der Waals surface area contributed by atoms with E-state index in [9.17, 15) is 0 Å². The number of rotatable bonds is 4. The highest BCUT2D eigenvalue weighted by Crippen LogP contribution is 2.22. The van der Waals surface area contributed by atoms with Crippen molar-refractivity contribution in [2.75, 3.05) is 32.2 Å². The van der Waals surface area contributed by atoms with Gasteiger partial charge in [0.25, 0.3) is 0 Å². The first-order valence-electron chi connectivity index (χ1n) is 5.12. The van der Waals surface area contributed by atoms with Gasteiger partial charge < -0.3 is 19.8 Å². The van der Waals surface area contributed by atoms with Crippen molar-refractivity contribution in [2.24, 2.45) is 0 Å². The van der Waals surface area contributed by atoms with Crippen molar-refractivity contribution in [1.82, 2.24) is 9.97 Å². The number of methoxy groups -OCH3 is 1. The van der Waals surface area contributed by atoms with Crippen molar-refractivity contribution < 1.29 is 9.47 Å². The molecule has 1 atom stereocenters. The van der Waals surface area contributed by atoms with E-state index < -0.39 is 0 Å². The van der Waals surface area contributed by atoms with Crippen molar-refractivity contribution in [3.8, 4) is 0 Å². The van der Waals surface area contributed by atoms with Gasteiger partial charge in [0, 0.05) is 38.6 Å². The zero-order valence-electron chi connectivity index (χ0n) is 9.17. The molecule has 0 aliphatic carbocycles. The summed E-state index contributed by atoms with van der Waals surface area (Å²) < 4.78 is 10.8. The van der Waals surface area contributed by atoms with Crippen LogP contribution in [0.2, 0.25) is 0 Å². The Kier molecular flexibility index (Phi) is 2.93. The predicted octanol–water partition coefficient (Wildman–Crippen LogP) is 0.936. The van der Waals surface area contributed by atoms with Gasteiger partial charge in [0.1, 0.15) is 5.60 Å². The van der Waals surface area contributed by atoms with Gasteiger partial charge in [0.2, 0.25) is 0 Å². The van der Waals surface area contributed by atoms with Gasteiger partial charge in [-0.15, -0.1) is 0 Å². The van der Waals surface area contributed by atoms with Crippen LogP contribution in [0.3, 0.4) is 0 Å². The van der Waals surface area contributed by atoms with Gasteiger partial charge in [-0.25, -0.2) is 4.98 Å². The van der Waals surface area contributed by atoms with Gasteiger partial charge in [-0.05, 0) is 6.92 Å². The van der Waals surface area contributed by atoms with Gasteiger partial charge in [-0.2, -0.15) is 0 Å². The molecule has 15 heavy (non-hydrogen) atoms. The average Bonchev–Trinajstić information content (AvgIpc) is 2.85. The van der Waals surface area contributed by atoms with E-state index in [1.54, 1.807) is 13.3 Å². The number of H-pyrrole nitrogens is 1. The van der Waals surface area contributed by atoms with Gasteiger partial charge in [0.15, 0.2) is 5.95 Å². The summed E-state index contributed by atoms with van der Waals surface area (Å²) >= 11 is 0. The van der Waals surface area contributed by atoms with E-state index in [-0.39, 0.29) is 5.60 Å². The lowest BCUT2D eigenvalue weighted by Gasteiger charge is -2.25. The van der Waals surface area contributed by atoms with E-state index in [1.165, 1.54) is 0 Å². The quantitative estimate of drug-likeness (QED) is 0.778. The number of hydrogen-bond donors (Lipinski definition) is 2. The monoisotopic (exact) mass is 211 g/mol. The Balaban J connectivity index is 1.91. The summed E-state index contributed by atoms with van der Waals surface area (Å²) in [6.45, 7) is 4.11. The molecule has 5 nitrogen and oxygen atoms in total. The van der Waals surface area contributed by atoms with E-state index >= 15 is 0 Å². The second kappa shape index (κ2) is 4.20.